The van der Waals surface area contributed by atoms with Gasteiger partial charge in [-0.1, -0.05) is 18.5 Å². The Bertz CT molecular complexity index is 1250. The predicted molar refractivity (Wildman–Crippen MR) is 128 cm³/mol. The maximum absolute atomic E-state index is 15.4. The van der Waals surface area contributed by atoms with Gasteiger partial charge in [-0.25, -0.2) is 14.4 Å². The molecule has 1 aromatic carbocycles. The number of nitrogens with zero attached hydrogens (tertiary/aromatic N) is 4. The molecule has 3 N–H and O–H groups in total. The van der Waals surface area contributed by atoms with Gasteiger partial charge in [-0.3, -0.25) is 9.20 Å². The zero-order valence-corrected chi connectivity index (χ0v) is 20.4. The number of rotatable bonds is 5. The lowest BCUT2D eigenvalue weighted by molar-refractivity contribution is 0.0464. The molecule has 0 saturated carbocycles. The molecule has 0 radical (unpaired) electrons. The molecule has 8 nitrogen and oxygen atoms in total. The highest BCUT2D eigenvalue weighted by Crippen LogP contribution is 2.40. The van der Waals surface area contributed by atoms with Gasteiger partial charge < -0.3 is 20.5 Å². The molecule has 2 atom stereocenters. The topological polar surface area (TPSA) is 106 Å². The van der Waals surface area contributed by atoms with Gasteiger partial charge in [0.1, 0.15) is 28.5 Å². The second-order valence-corrected chi connectivity index (χ2v) is 9.39. The van der Waals surface area contributed by atoms with Crippen LogP contribution in [-0.2, 0) is 0 Å². The number of nitrogen functional groups attached to an aromatic ring is 1. The summed E-state index contributed by atoms with van der Waals surface area (Å²) < 4.78 is 23.3. The van der Waals surface area contributed by atoms with Crippen molar-refractivity contribution >= 4 is 28.8 Å². The van der Waals surface area contributed by atoms with Gasteiger partial charge in [-0.15, -0.1) is 0 Å². The second-order valence-electron chi connectivity index (χ2n) is 8.99. The van der Waals surface area contributed by atoms with Crippen LogP contribution in [0.3, 0.4) is 0 Å². The van der Waals surface area contributed by atoms with Gasteiger partial charge in [-0.05, 0) is 39.7 Å². The molecule has 2 aromatic heterocycles. The van der Waals surface area contributed by atoms with Crippen molar-refractivity contribution in [1.82, 2.24) is 19.3 Å². The van der Waals surface area contributed by atoms with E-state index in [-0.39, 0.29) is 29.0 Å². The van der Waals surface area contributed by atoms with E-state index in [2.05, 4.69) is 4.98 Å². The standard InChI is InChI=1S/C24H29ClFN5O3/c1-12(2)34-21-16(13(3)23-29-14(4)20-22(27)28-7-9-31(20)23)10-17(25)19(26)18(21)24(33)30-8-5-6-15(32)11-30/h7,9-10,12-13,15,32H,5-6,8,11H2,1-4H3,(H2,27,28)/t13-,15-/m0/s1. The van der Waals surface area contributed by atoms with Gasteiger partial charge in [0.15, 0.2) is 5.82 Å². The number of carbonyl (C=O) groups excluding carboxylic acids is 1. The maximum Gasteiger partial charge on any atom is 0.260 e. The summed E-state index contributed by atoms with van der Waals surface area (Å²) >= 11 is 6.31. The molecule has 0 bridgehead atoms. The first-order chi connectivity index (χ1) is 16.1. The average molecular weight is 490 g/mol. The van der Waals surface area contributed by atoms with Crippen molar-refractivity contribution in [3.05, 3.63) is 51.9 Å². The fraction of sp³-hybridized carbons (Fsp3) is 0.458. The summed E-state index contributed by atoms with van der Waals surface area (Å²) in [6.07, 6.45) is 3.60. The number of nitrogens with two attached hydrogens (primary N) is 1. The van der Waals surface area contributed by atoms with Crippen molar-refractivity contribution in [2.75, 3.05) is 18.8 Å². The minimum Gasteiger partial charge on any atom is -0.490 e. The smallest absolute Gasteiger partial charge is 0.260 e. The Morgan fingerprint density at radius 2 is 2.12 bits per heavy atom. The Labute approximate surface area is 202 Å². The number of carbonyl (C=O) groups is 1. The summed E-state index contributed by atoms with van der Waals surface area (Å²) in [6, 6.07) is 1.49. The minimum absolute atomic E-state index is 0.130. The number of ether oxygens (including phenoxy) is 1. The molecule has 1 aliphatic rings. The Kier molecular flexibility index (Phi) is 6.69. The van der Waals surface area contributed by atoms with E-state index in [1.54, 1.807) is 26.2 Å². The van der Waals surface area contributed by atoms with E-state index in [1.165, 1.54) is 11.0 Å². The van der Waals surface area contributed by atoms with Gasteiger partial charge in [0, 0.05) is 37.0 Å². The number of amides is 1. The lowest BCUT2D eigenvalue weighted by atomic mass is 9.95. The number of anilines is 1. The van der Waals surface area contributed by atoms with E-state index in [4.69, 9.17) is 27.1 Å². The Morgan fingerprint density at radius 3 is 2.79 bits per heavy atom. The van der Waals surface area contributed by atoms with Crippen LogP contribution in [0.15, 0.2) is 18.5 Å². The minimum atomic E-state index is -0.837. The molecule has 1 amide bonds. The SMILES string of the molecule is Cc1nc([C@@H](C)c2cc(Cl)c(F)c(C(=O)N3CCC[C@H](O)C3)c2OC(C)C)n2ccnc(N)c12. The molecule has 3 heterocycles. The van der Waals surface area contributed by atoms with Crippen molar-refractivity contribution < 1.29 is 19.0 Å². The number of hydrogen-bond acceptors (Lipinski definition) is 6. The zero-order valence-electron chi connectivity index (χ0n) is 19.7. The van der Waals surface area contributed by atoms with Crippen LogP contribution in [0.2, 0.25) is 5.02 Å². The van der Waals surface area contributed by atoms with Crippen molar-refractivity contribution in [2.45, 2.75) is 58.7 Å². The van der Waals surface area contributed by atoms with Gasteiger partial charge in [0.05, 0.1) is 22.9 Å². The van der Waals surface area contributed by atoms with E-state index in [9.17, 15) is 9.90 Å². The van der Waals surface area contributed by atoms with Crippen LogP contribution in [0, 0.1) is 12.7 Å². The molecule has 0 aliphatic carbocycles. The molecular formula is C24H29ClFN5O3. The van der Waals surface area contributed by atoms with Crippen LogP contribution in [0.5, 0.6) is 5.75 Å². The lowest BCUT2D eigenvalue weighted by Gasteiger charge is -2.31. The molecule has 10 heteroatoms. The largest absolute Gasteiger partial charge is 0.490 e. The molecule has 34 heavy (non-hydrogen) atoms. The normalized spacial score (nSPS) is 17.4. The first-order valence-corrected chi connectivity index (χ1v) is 11.7. The van der Waals surface area contributed by atoms with E-state index in [0.717, 1.165) is 0 Å². The molecule has 0 spiro atoms. The number of aryl methyl sites for hydroxylation is 1. The maximum atomic E-state index is 15.4. The number of aliphatic hydroxyl groups excluding tert-OH is 1. The van der Waals surface area contributed by atoms with E-state index in [0.29, 0.717) is 47.8 Å². The van der Waals surface area contributed by atoms with E-state index < -0.39 is 23.7 Å². The third kappa shape index (κ3) is 4.30. The van der Waals surface area contributed by atoms with Gasteiger partial charge in [-0.2, -0.15) is 0 Å². The van der Waals surface area contributed by atoms with Gasteiger partial charge >= 0.3 is 0 Å². The monoisotopic (exact) mass is 489 g/mol. The third-order valence-corrected chi connectivity index (χ3v) is 6.37. The molecule has 1 fully saturated rings. The van der Waals surface area contributed by atoms with Crippen LogP contribution >= 0.6 is 11.6 Å². The number of likely N-dealkylation sites (tertiary alicyclic amines) is 1. The van der Waals surface area contributed by atoms with E-state index in [1.807, 2.05) is 18.2 Å². The second kappa shape index (κ2) is 9.38. The fourth-order valence-electron chi connectivity index (χ4n) is 4.51. The molecule has 1 saturated heterocycles. The summed E-state index contributed by atoms with van der Waals surface area (Å²) in [7, 11) is 0. The number of aliphatic hydroxyl groups is 1. The quantitative estimate of drug-likeness (QED) is 0.562. The number of fused-ring (bicyclic) bond motifs is 1. The summed E-state index contributed by atoms with van der Waals surface area (Å²) in [5.41, 5.74) is 7.76. The summed E-state index contributed by atoms with van der Waals surface area (Å²) in [6.45, 7) is 7.89. The fourth-order valence-corrected chi connectivity index (χ4v) is 4.73. The number of hydrogen-bond donors (Lipinski definition) is 2. The molecule has 4 rings (SSSR count). The average Bonchev–Trinajstić information content (AvgIpc) is 3.13. The van der Waals surface area contributed by atoms with Crippen molar-refractivity contribution in [3.63, 3.8) is 0 Å². The summed E-state index contributed by atoms with van der Waals surface area (Å²) in [5, 5.41) is 9.88. The van der Waals surface area contributed by atoms with Gasteiger partial charge in [0.2, 0.25) is 0 Å². The molecule has 1 aliphatic heterocycles. The van der Waals surface area contributed by atoms with Crippen LogP contribution < -0.4 is 10.5 Å². The summed E-state index contributed by atoms with van der Waals surface area (Å²) in [4.78, 5) is 23.8. The lowest BCUT2D eigenvalue weighted by Crippen LogP contribution is -2.42. The number of benzene rings is 1. The third-order valence-electron chi connectivity index (χ3n) is 6.09. The molecular weight excluding hydrogens is 461 g/mol. The van der Waals surface area contributed by atoms with Crippen LogP contribution in [0.1, 0.15) is 67.0 Å². The molecule has 182 valence electrons. The first kappa shape index (κ1) is 24.2. The van der Waals surface area contributed by atoms with E-state index >= 15 is 4.39 Å². The highest BCUT2D eigenvalue weighted by atomic mass is 35.5. The zero-order chi connectivity index (χ0) is 24.7. The van der Waals surface area contributed by atoms with Crippen molar-refractivity contribution in [2.24, 2.45) is 0 Å². The molecule has 3 aromatic rings. The molecule has 0 unspecified atom stereocenters. The Hall–Kier alpha value is -2.91. The Balaban J connectivity index is 1.89. The van der Waals surface area contributed by atoms with Crippen LogP contribution in [0.25, 0.3) is 5.52 Å². The number of imidazole rings is 1. The summed E-state index contributed by atoms with van der Waals surface area (Å²) in [5.74, 6) is -0.707. The number of β-amino-alcohol motifs (C(OH)–C–C–N with tert-alkyl or cyclic N) is 1. The number of halogens is 2. The predicted octanol–water partition coefficient (Wildman–Crippen LogP) is 3.95. The first-order valence-electron chi connectivity index (χ1n) is 11.3. The van der Waals surface area contributed by atoms with Gasteiger partial charge in [0.25, 0.3) is 5.91 Å². The number of aromatic nitrogens is 3. The van der Waals surface area contributed by atoms with Crippen LogP contribution in [-0.4, -0.2) is 55.6 Å². The van der Waals surface area contributed by atoms with Crippen molar-refractivity contribution in [1.29, 1.82) is 0 Å². The van der Waals surface area contributed by atoms with Crippen molar-refractivity contribution in [3.8, 4) is 5.75 Å². The van der Waals surface area contributed by atoms with Crippen LogP contribution in [0.4, 0.5) is 10.2 Å². The number of piperidine rings is 1. The highest BCUT2D eigenvalue weighted by molar-refractivity contribution is 6.31. The Morgan fingerprint density at radius 1 is 1.38 bits per heavy atom. The highest BCUT2D eigenvalue weighted by Gasteiger charge is 2.33.